The first-order valence-corrected chi connectivity index (χ1v) is 9.76. The summed E-state index contributed by atoms with van der Waals surface area (Å²) in [5, 5.41) is 1.02. The second kappa shape index (κ2) is 7.63. The van der Waals surface area contributed by atoms with Crippen LogP contribution in [0, 0.1) is 0 Å². The van der Waals surface area contributed by atoms with E-state index in [4.69, 9.17) is 12.2 Å². The smallest absolute Gasteiger partial charge is 0.265 e. The van der Waals surface area contributed by atoms with Gasteiger partial charge in [-0.15, -0.1) is 0 Å². The van der Waals surface area contributed by atoms with Gasteiger partial charge in [0.15, 0.2) is 0 Å². The zero-order valence-electron chi connectivity index (χ0n) is 15.1. The van der Waals surface area contributed by atoms with Crippen molar-refractivity contribution in [2.75, 3.05) is 20.1 Å². The van der Waals surface area contributed by atoms with Gasteiger partial charge < -0.3 is 9.47 Å². The van der Waals surface area contributed by atoms with Gasteiger partial charge in [-0.25, -0.2) is 0 Å². The Morgan fingerprint density at radius 3 is 2.58 bits per heavy atom. The number of rotatable bonds is 5. The maximum Gasteiger partial charge on any atom is 0.265 e. The Labute approximate surface area is 162 Å². The van der Waals surface area contributed by atoms with Crippen molar-refractivity contribution in [2.24, 2.45) is 0 Å². The number of thiocarbonyl (C=S) groups is 1. The van der Waals surface area contributed by atoms with Crippen molar-refractivity contribution >= 4 is 57.1 Å². The second-order valence-corrected chi connectivity index (χ2v) is 7.71. The van der Waals surface area contributed by atoms with E-state index >= 15 is 0 Å². The van der Waals surface area contributed by atoms with Crippen LogP contribution in [0.2, 0.25) is 0 Å². The van der Waals surface area contributed by atoms with Gasteiger partial charge in [0.25, 0.3) is 5.91 Å². The van der Waals surface area contributed by atoms with Crippen molar-refractivity contribution in [1.82, 2.24) is 14.4 Å². The van der Waals surface area contributed by atoms with Crippen LogP contribution in [0.4, 0.5) is 0 Å². The van der Waals surface area contributed by atoms with Crippen LogP contribution in [0.25, 0.3) is 17.0 Å². The minimum Gasteiger partial charge on any atom is -0.342 e. The number of hydrogen-bond donors (Lipinski definition) is 0. The van der Waals surface area contributed by atoms with Crippen molar-refractivity contribution in [1.29, 1.82) is 0 Å². The Bertz CT molecular complexity index is 913. The molecule has 26 heavy (non-hydrogen) atoms. The molecule has 5 nitrogen and oxygen atoms in total. The monoisotopic (exact) mass is 387 g/mol. The number of nitrogens with zero attached hydrogens (tertiary/aromatic N) is 3. The first-order valence-electron chi connectivity index (χ1n) is 8.53. The number of carbonyl (C=O) groups excluding carboxylic acids is 2. The van der Waals surface area contributed by atoms with Crippen LogP contribution >= 0.6 is 24.0 Å². The molecule has 0 saturated carbocycles. The lowest BCUT2D eigenvalue weighted by Crippen LogP contribution is -2.33. The highest BCUT2D eigenvalue weighted by atomic mass is 32.2. The van der Waals surface area contributed by atoms with Crippen LogP contribution in [0.1, 0.15) is 19.4 Å². The van der Waals surface area contributed by atoms with Crippen LogP contribution in [0.15, 0.2) is 35.4 Å². The predicted molar refractivity (Wildman–Crippen MR) is 111 cm³/mol. The third-order valence-electron chi connectivity index (χ3n) is 4.51. The van der Waals surface area contributed by atoms with Gasteiger partial charge in [0.05, 0.1) is 4.91 Å². The summed E-state index contributed by atoms with van der Waals surface area (Å²) in [6.07, 6.45) is 3.80. The molecule has 1 aliphatic rings. The van der Waals surface area contributed by atoms with E-state index < -0.39 is 0 Å². The minimum absolute atomic E-state index is 0.0854. The first-order chi connectivity index (χ1) is 12.5. The standard InChI is InChI=1S/C19H21N3O2S2/c1-4-21(5-2)17(23)12-22-11-13(14-8-6-7-9-15(14)22)10-16-18(24)20(3)19(25)26-16/h6-11H,4-5,12H2,1-3H3/b16-10-. The molecule has 3 rings (SSSR count). The highest BCUT2D eigenvalue weighted by Crippen LogP contribution is 2.33. The predicted octanol–water partition coefficient (Wildman–Crippen LogP) is 3.34. The van der Waals surface area contributed by atoms with Crippen LogP contribution in [0.5, 0.6) is 0 Å². The molecule has 7 heteroatoms. The minimum atomic E-state index is -0.0870. The molecule has 0 N–H and O–H groups in total. The van der Waals surface area contributed by atoms with Crippen LogP contribution in [0.3, 0.4) is 0 Å². The average Bonchev–Trinajstić information content (AvgIpc) is 3.09. The van der Waals surface area contributed by atoms with E-state index in [1.807, 2.05) is 59.9 Å². The Morgan fingerprint density at radius 2 is 1.96 bits per heavy atom. The lowest BCUT2D eigenvalue weighted by molar-refractivity contribution is -0.131. The van der Waals surface area contributed by atoms with Crippen LogP contribution < -0.4 is 0 Å². The molecule has 1 saturated heterocycles. The SMILES string of the molecule is CCN(CC)C(=O)Cn1cc(/C=C2\SC(=S)N(C)C2=O)c2ccccc21. The summed E-state index contributed by atoms with van der Waals surface area (Å²) < 4.78 is 2.51. The number of thioether (sulfide) groups is 1. The number of amides is 2. The van der Waals surface area contributed by atoms with Crippen molar-refractivity contribution in [3.63, 3.8) is 0 Å². The van der Waals surface area contributed by atoms with E-state index in [0.717, 1.165) is 16.5 Å². The fraction of sp³-hybridized carbons (Fsp3) is 0.316. The second-order valence-electron chi connectivity index (χ2n) is 6.04. The van der Waals surface area contributed by atoms with E-state index in [1.165, 1.54) is 16.7 Å². The fourth-order valence-electron chi connectivity index (χ4n) is 3.03. The Hall–Kier alpha value is -2.12. The Morgan fingerprint density at radius 1 is 1.27 bits per heavy atom. The number of benzene rings is 1. The van der Waals surface area contributed by atoms with Gasteiger partial charge in [0.1, 0.15) is 10.9 Å². The van der Waals surface area contributed by atoms with Crippen molar-refractivity contribution in [3.8, 4) is 0 Å². The number of likely N-dealkylation sites (N-methyl/N-ethyl adjacent to an activating group) is 2. The molecule has 1 aromatic carbocycles. The van der Waals surface area contributed by atoms with Crippen LogP contribution in [-0.4, -0.2) is 50.6 Å². The lowest BCUT2D eigenvalue weighted by atomic mass is 10.1. The highest BCUT2D eigenvalue weighted by molar-refractivity contribution is 8.26. The normalized spacial score (nSPS) is 16.1. The number of carbonyl (C=O) groups is 2. The maximum absolute atomic E-state index is 12.5. The molecule has 0 unspecified atom stereocenters. The zero-order chi connectivity index (χ0) is 18.8. The van der Waals surface area contributed by atoms with Gasteiger partial charge in [-0.05, 0) is 26.0 Å². The van der Waals surface area contributed by atoms with E-state index in [-0.39, 0.29) is 18.4 Å². The summed E-state index contributed by atoms with van der Waals surface area (Å²) in [5.41, 5.74) is 1.90. The molecule has 0 atom stereocenters. The van der Waals surface area contributed by atoms with E-state index in [0.29, 0.717) is 22.3 Å². The van der Waals surface area contributed by atoms with Crippen LogP contribution in [-0.2, 0) is 16.1 Å². The first kappa shape index (κ1) is 18.7. The number of fused-ring (bicyclic) bond motifs is 1. The van der Waals surface area contributed by atoms with E-state index in [2.05, 4.69) is 0 Å². The molecule has 2 aromatic rings. The maximum atomic E-state index is 12.5. The molecular formula is C19H21N3O2S2. The number of aromatic nitrogens is 1. The van der Waals surface area contributed by atoms with Crippen molar-refractivity contribution in [2.45, 2.75) is 20.4 Å². The van der Waals surface area contributed by atoms with Crippen molar-refractivity contribution < 1.29 is 9.59 Å². The van der Waals surface area contributed by atoms with Crippen molar-refractivity contribution in [3.05, 3.63) is 40.9 Å². The molecule has 0 spiro atoms. The van der Waals surface area contributed by atoms with Gasteiger partial charge in [-0.1, -0.05) is 42.2 Å². The molecule has 0 radical (unpaired) electrons. The molecule has 2 heterocycles. The van der Waals surface area contributed by atoms with E-state index in [9.17, 15) is 9.59 Å². The molecular weight excluding hydrogens is 366 g/mol. The molecule has 0 bridgehead atoms. The summed E-state index contributed by atoms with van der Waals surface area (Å²) in [5.74, 6) is -0.00164. The Kier molecular flexibility index (Phi) is 5.48. The third-order valence-corrected chi connectivity index (χ3v) is 6.00. The fourth-order valence-corrected chi connectivity index (χ4v) is 4.20. The molecule has 136 valence electrons. The molecule has 1 fully saturated rings. The lowest BCUT2D eigenvalue weighted by Gasteiger charge is -2.19. The zero-order valence-corrected chi connectivity index (χ0v) is 16.7. The number of para-hydroxylation sites is 1. The summed E-state index contributed by atoms with van der Waals surface area (Å²) in [7, 11) is 1.69. The van der Waals surface area contributed by atoms with Gasteiger partial charge in [-0.2, -0.15) is 0 Å². The van der Waals surface area contributed by atoms with E-state index in [1.54, 1.807) is 7.05 Å². The summed E-state index contributed by atoms with van der Waals surface area (Å²) in [4.78, 5) is 28.7. The molecule has 1 aliphatic heterocycles. The summed E-state index contributed by atoms with van der Waals surface area (Å²) in [6.45, 7) is 5.63. The largest absolute Gasteiger partial charge is 0.342 e. The third kappa shape index (κ3) is 3.41. The number of hydrogen-bond acceptors (Lipinski definition) is 4. The summed E-state index contributed by atoms with van der Waals surface area (Å²) in [6, 6.07) is 7.91. The molecule has 1 aromatic heterocycles. The Balaban J connectivity index is 2.00. The van der Waals surface area contributed by atoms with Gasteiger partial charge >= 0.3 is 0 Å². The summed E-state index contributed by atoms with van der Waals surface area (Å²) >= 11 is 6.50. The molecule has 2 amide bonds. The molecule has 0 aliphatic carbocycles. The van der Waals surface area contributed by atoms with Gasteiger partial charge in [0.2, 0.25) is 5.91 Å². The highest BCUT2D eigenvalue weighted by Gasteiger charge is 2.29. The average molecular weight is 388 g/mol. The van der Waals surface area contributed by atoms with Gasteiger partial charge in [-0.3, -0.25) is 14.5 Å². The quantitative estimate of drug-likeness (QED) is 0.583. The topological polar surface area (TPSA) is 45.6 Å². The van der Waals surface area contributed by atoms with Gasteiger partial charge in [0, 0.05) is 42.8 Å².